The zero-order valence-electron chi connectivity index (χ0n) is 7.84. The molecule has 5 heteroatoms. The van der Waals surface area contributed by atoms with Crippen molar-refractivity contribution >= 4 is 27.7 Å². The highest BCUT2D eigenvalue weighted by atomic mass is 79.9. The highest BCUT2D eigenvalue weighted by Gasteiger charge is 2.26. The van der Waals surface area contributed by atoms with E-state index in [1.165, 1.54) is 20.0 Å². The number of nitrogens with zero attached hydrogens (tertiary/aromatic N) is 1. The van der Waals surface area contributed by atoms with E-state index in [-0.39, 0.29) is 0 Å². The van der Waals surface area contributed by atoms with Crippen LogP contribution in [-0.2, 0) is 4.79 Å². The topological polar surface area (TPSA) is 42.0 Å². The van der Waals surface area contributed by atoms with E-state index < -0.39 is 11.6 Å². The van der Waals surface area contributed by atoms with Crippen molar-refractivity contribution in [2.24, 2.45) is 0 Å². The molecule has 14 heavy (non-hydrogen) atoms. The number of hydrogen-bond donors (Lipinski definition) is 1. The molecule has 0 saturated carbocycles. The standard InChI is InChI=1S/C9H10BrFN2O/c1-9(2,11)8(14)13-7-4-3-6(10)5-12-7/h3-5H,1-2H3,(H,12,13,14). The number of carbonyl (C=O) groups excluding carboxylic acids is 1. The molecule has 0 spiro atoms. The van der Waals surface area contributed by atoms with Crippen LogP contribution in [0.5, 0.6) is 0 Å². The quantitative estimate of drug-likeness (QED) is 0.888. The lowest BCUT2D eigenvalue weighted by molar-refractivity contribution is -0.125. The van der Waals surface area contributed by atoms with Gasteiger partial charge in [-0.3, -0.25) is 4.79 Å². The first-order valence-corrected chi connectivity index (χ1v) is 4.81. The van der Waals surface area contributed by atoms with Crippen molar-refractivity contribution in [2.45, 2.75) is 19.5 Å². The largest absolute Gasteiger partial charge is 0.308 e. The number of rotatable bonds is 2. The highest BCUT2D eigenvalue weighted by Crippen LogP contribution is 2.14. The molecule has 1 rings (SSSR count). The molecule has 0 aliphatic heterocycles. The number of carbonyl (C=O) groups is 1. The summed E-state index contributed by atoms with van der Waals surface area (Å²) in [7, 11) is 0. The summed E-state index contributed by atoms with van der Waals surface area (Å²) in [5.41, 5.74) is -1.89. The lowest BCUT2D eigenvalue weighted by atomic mass is 10.1. The van der Waals surface area contributed by atoms with Crippen LogP contribution in [0.1, 0.15) is 13.8 Å². The minimum absolute atomic E-state index is 0.337. The molecule has 1 N–H and O–H groups in total. The van der Waals surface area contributed by atoms with Gasteiger partial charge < -0.3 is 5.32 Å². The molecular weight excluding hydrogens is 251 g/mol. The van der Waals surface area contributed by atoms with Crippen LogP contribution in [0.3, 0.4) is 0 Å². The van der Waals surface area contributed by atoms with Crippen LogP contribution in [0.2, 0.25) is 0 Å². The zero-order chi connectivity index (χ0) is 10.8. The fourth-order valence-corrected chi connectivity index (χ4v) is 0.949. The Bertz CT molecular complexity index is 332. The summed E-state index contributed by atoms with van der Waals surface area (Å²) < 4.78 is 13.9. The Kier molecular flexibility index (Phi) is 3.21. The zero-order valence-corrected chi connectivity index (χ0v) is 9.43. The minimum atomic E-state index is -1.89. The summed E-state index contributed by atoms with van der Waals surface area (Å²) in [4.78, 5) is 15.1. The Morgan fingerprint density at radius 1 is 1.57 bits per heavy atom. The molecule has 0 unspecified atom stereocenters. The predicted molar refractivity (Wildman–Crippen MR) is 55.8 cm³/mol. The van der Waals surface area contributed by atoms with E-state index in [4.69, 9.17) is 0 Å². The molecule has 76 valence electrons. The maximum Gasteiger partial charge on any atom is 0.262 e. The predicted octanol–water partition coefficient (Wildman–Crippen LogP) is 2.53. The Morgan fingerprint density at radius 3 is 2.64 bits per heavy atom. The van der Waals surface area contributed by atoms with Crippen molar-refractivity contribution in [1.82, 2.24) is 4.98 Å². The third-order valence-corrected chi connectivity index (χ3v) is 1.98. The van der Waals surface area contributed by atoms with Gasteiger partial charge in [0.15, 0.2) is 5.67 Å². The lowest BCUT2D eigenvalue weighted by Gasteiger charge is -2.13. The van der Waals surface area contributed by atoms with E-state index in [2.05, 4.69) is 26.2 Å². The first-order chi connectivity index (χ1) is 6.39. The van der Waals surface area contributed by atoms with Crippen molar-refractivity contribution < 1.29 is 9.18 Å². The van der Waals surface area contributed by atoms with Gasteiger partial charge in [0, 0.05) is 10.7 Å². The number of aromatic nitrogens is 1. The van der Waals surface area contributed by atoms with E-state index in [0.29, 0.717) is 5.82 Å². The second-order valence-electron chi connectivity index (χ2n) is 3.29. The van der Waals surface area contributed by atoms with Crippen LogP contribution >= 0.6 is 15.9 Å². The minimum Gasteiger partial charge on any atom is -0.308 e. The number of anilines is 1. The van der Waals surface area contributed by atoms with Crippen molar-refractivity contribution in [1.29, 1.82) is 0 Å². The van der Waals surface area contributed by atoms with E-state index >= 15 is 0 Å². The summed E-state index contributed by atoms with van der Waals surface area (Å²) in [5.74, 6) is -0.365. The van der Waals surface area contributed by atoms with Gasteiger partial charge >= 0.3 is 0 Å². The smallest absolute Gasteiger partial charge is 0.262 e. The Labute approximate surface area is 89.9 Å². The van der Waals surface area contributed by atoms with Gasteiger partial charge in [-0.25, -0.2) is 9.37 Å². The summed E-state index contributed by atoms with van der Waals surface area (Å²) in [6, 6.07) is 3.31. The van der Waals surface area contributed by atoms with Crippen molar-refractivity contribution in [3.8, 4) is 0 Å². The average Bonchev–Trinajstić information content (AvgIpc) is 2.07. The molecule has 1 heterocycles. The van der Waals surface area contributed by atoms with Crippen LogP contribution < -0.4 is 5.32 Å². The molecular formula is C9H10BrFN2O. The molecule has 0 aliphatic carbocycles. The average molecular weight is 261 g/mol. The fourth-order valence-electron chi connectivity index (χ4n) is 0.715. The Morgan fingerprint density at radius 2 is 2.21 bits per heavy atom. The van der Waals surface area contributed by atoms with E-state index in [0.717, 1.165) is 4.47 Å². The maximum atomic E-state index is 13.1. The van der Waals surface area contributed by atoms with Gasteiger partial charge in [-0.1, -0.05) is 0 Å². The molecule has 0 atom stereocenters. The van der Waals surface area contributed by atoms with E-state index in [1.807, 2.05) is 0 Å². The molecule has 0 fully saturated rings. The summed E-state index contributed by atoms with van der Waals surface area (Å²) in [5, 5.41) is 2.36. The van der Waals surface area contributed by atoms with Crippen molar-refractivity contribution in [3.63, 3.8) is 0 Å². The van der Waals surface area contributed by atoms with Gasteiger partial charge in [-0.2, -0.15) is 0 Å². The van der Waals surface area contributed by atoms with Crippen molar-refractivity contribution in [2.75, 3.05) is 5.32 Å². The number of halogens is 2. The van der Waals surface area contributed by atoms with Gasteiger partial charge in [0.05, 0.1) is 0 Å². The van der Waals surface area contributed by atoms with Crippen LogP contribution in [0.15, 0.2) is 22.8 Å². The van der Waals surface area contributed by atoms with E-state index in [1.54, 1.807) is 12.1 Å². The fraction of sp³-hybridized carbons (Fsp3) is 0.333. The summed E-state index contributed by atoms with van der Waals surface area (Å²) >= 11 is 3.20. The molecule has 0 radical (unpaired) electrons. The Hall–Kier alpha value is -0.970. The Balaban J connectivity index is 2.71. The van der Waals surface area contributed by atoms with Gasteiger partial charge in [0.25, 0.3) is 5.91 Å². The van der Waals surface area contributed by atoms with Gasteiger partial charge in [-0.05, 0) is 41.9 Å². The molecule has 1 aromatic heterocycles. The first kappa shape index (κ1) is 11.1. The molecule has 0 bridgehead atoms. The SMILES string of the molecule is CC(C)(F)C(=O)Nc1ccc(Br)cn1. The van der Waals surface area contributed by atoms with Gasteiger partial charge in [0.1, 0.15) is 5.82 Å². The van der Waals surface area contributed by atoms with Crippen LogP contribution in [0.25, 0.3) is 0 Å². The third-order valence-electron chi connectivity index (χ3n) is 1.51. The van der Waals surface area contributed by atoms with Gasteiger partial charge in [0.2, 0.25) is 0 Å². The molecule has 1 aromatic rings. The molecule has 0 saturated heterocycles. The third kappa shape index (κ3) is 3.06. The number of alkyl halides is 1. The second-order valence-corrected chi connectivity index (χ2v) is 4.20. The monoisotopic (exact) mass is 260 g/mol. The van der Waals surface area contributed by atoms with Crippen LogP contribution in [0.4, 0.5) is 10.2 Å². The van der Waals surface area contributed by atoms with Crippen LogP contribution in [-0.4, -0.2) is 16.6 Å². The molecule has 3 nitrogen and oxygen atoms in total. The first-order valence-electron chi connectivity index (χ1n) is 4.01. The number of nitrogens with one attached hydrogen (secondary N) is 1. The van der Waals surface area contributed by atoms with Crippen LogP contribution in [0, 0.1) is 0 Å². The van der Waals surface area contributed by atoms with Crippen molar-refractivity contribution in [3.05, 3.63) is 22.8 Å². The normalized spacial score (nSPS) is 11.1. The number of hydrogen-bond acceptors (Lipinski definition) is 2. The number of amides is 1. The summed E-state index contributed by atoms with van der Waals surface area (Å²) in [6.45, 7) is 2.39. The van der Waals surface area contributed by atoms with E-state index in [9.17, 15) is 9.18 Å². The maximum absolute atomic E-state index is 13.1. The second kappa shape index (κ2) is 4.04. The molecule has 0 aromatic carbocycles. The lowest BCUT2D eigenvalue weighted by Crippen LogP contribution is -2.32. The van der Waals surface area contributed by atoms with Gasteiger partial charge in [-0.15, -0.1) is 0 Å². The molecule has 1 amide bonds. The summed E-state index contributed by atoms with van der Waals surface area (Å²) in [6.07, 6.45) is 1.53. The molecule has 0 aliphatic rings. The number of pyridine rings is 1. The highest BCUT2D eigenvalue weighted by molar-refractivity contribution is 9.10.